The summed E-state index contributed by atoms with van der Waals surface area (Å²) in [5.41, 5.74) is 0.821. The number of hydrogen-bond acceptors (Lipinski definition) is 3. The lowest BCUT2D eigenvalue weighted by Gasteiger charge is -2.32. The highest BCUT2D eigenvalue weighted by Crippen LogP contribution is 2.40. The number of rotatable bonds is 5. The zero-order valence-electron chi connectivity index (χ0n) is 15.4. The third kappa shape index (κ3) is 3.51. The average molecular weight is 344 g/mol. The molecule has 1 aliphatic carbocycles. The van der Waals surface area contributed by atoms with Crippen molar-refractivity contribution in [2.24, 2.45) is 5.92 Å². The molecule has 1 saturated carbocycles. The van der Waals surface area contributed by atoms with Gasteiger partial charge in [-0.25, -0.2) is 0 Å². The van der Waals surface area contributed by atoms with E-state index in [0.29, 0.717) is 13.0 Å². The predicted octanol–water partition coefficient (Wildman–Crippen LogP) is 2.84. The Bertz CT molecular complexity index is 633. The van der Waals surface area contributed by atoms with Crippen LogP contribution in [0.3, 0.4) is 0 Å². The molecule has 0 bridgehead atoms. The standard InChI is InChI=1S/C20H28N2O3/c1-14(2)22-13-15(12-18(22)23)19(24)21-20(10-4-5-11-20)16-6-8-17(25-3)9-7-16/h6-9,14-15H,4-5,10-13H2,1-3H3,(H,21,24)/t15-/m1/s1. The van der Waals surface area contributed by atoms with Crippen LogP contribution >= 0.6 is 0 Å². The fourth-order valence-electron chi connectivity index (χ4n) is 4.12. The number of nitrogens with zero attached hydrogens (tertiary/aromatic N) is 1. The minimum atomic E-state index is -0.308. The van der Waals surface area contributed by atoms with Crippen molar-refractivity contribution >= 4 is 11.8 Å². The van der Waals surface area contributed by atoms with E-state index in [4.69, 9.17) is 4.74 Å². The Morgan fingerprint density at radius 1 is 1.24 bits per heavy atom. The third-order valence-corrected chi connectivity index (χ3v) is 5.61. The number of nitrogens with one attached hydrogen (secondary N) is 1. The van der Waals surface area contributed by atoms with Crippen molar-refractivity contribution in [1.29, 1.82) is 0 Å². The minimum Gasteiger partial charge on any atom is -0.497 e. The number of benzene rings is 1. The molecule has 2 fully saturated rings. The summed E-state index contributed by atoms with van der Waals surface area (Å²) in [6.07, 6.45) is 4.42. The molecule has 2 amide bonds. The van der Waals surface area contributed by atoms with Crippen molar-refractivity contribution in [1.82, 2.24) is 10.2 Å². The Morgan fingerprint density at radius 2 is 1.88 bits per heavy atom. The van der Waals surface area contributed by atoms with E-state index in [1.807, 2.05) is 38.1 Å². The third-order valence-electron chi connectivity index (χ3n) is 5.61. The lowest BCUT2D eigenvalue weighted by molar-refractivity contribution is -0.130. The molecular formula is C20H28N2O3. The van der Waals surface area contributed by atoms with Gasteiger partial charge in [0.15, 0.2) is 0 Å². The SMILES string of the molecule is COc1ccc(C2(NC(=O)[C@@H]3CC(=O)N(C(C)C)C3)CCCC2)cc1. The van der Waals surface area contributed by atoms with Crippen LogP contribution in [0.4, 0.5) is 0 Å². The lowest BCUT2D eigenvalue weighted by Crippen LogP contribution is -2.47. The quantitative estimate of drug-likeness (QED) is 0.893. The monoisotopic (exact) mass is 344 g/mol. The second kappa shape index (κ2) is 7.06. The van der Waals surface area contributed by atoms with Crippen molar-refractivity contribution in [2.75, 3.05) is 13.7 Å². The van der Waals surface area contributed by atoms with Crippen LogP contribution < -0.4 is 10.1 Å². The van der Waals surface area contributed by atoms with Crippen LogP contribution in [0.5, 0.6) is 5.75 Å². The number of amides is 2. The van der Waals surface area contributed by atoms with E-state index in [-0.39, 0.29) is 29.3 Å². The van der Waals surface area contributed by atoms with Crippen LogP contribution in [-0.2, 0) is 15.1 Å². The molecule has 0 radical (unpaired) electrons. The van der Waals surface area contributed by atoms with Crippen molar-refractivity contribution in [3.8, 4) is 5.75 Å². The highest BCUT2D eigenvalue weighted by Gasteiger charge is 2.41. The Labute approximate surface area is 149 Å². The summed E-state index contributed by atoms with van der Waals surface area (Å²) in [5.74, 6) is 0.664. The van der Waals surface area contributed by atoms with Gasteiger partial charge in [-0.15, -0.1) is 0 Å². The molecule has 1 aromatic carbocycles. The lowest BCUT2D eigenvalue weighted by atomic mass is 9.87. The molecule has 1 N–H and O–H groups in total. The molecule has 1 atom stereocenters. The first-order valence-electron chi connectivity index (χ1n) is 9.21. The summed E-state index contributed by atoms with van der Waals surface area (Å²) in [6, 6.07) is 8.13. The normalized spacial score (nSPS) is 22.5. The molecule has 5 heteroatoms. The number of methoxy groups -OCH3 is 1. The van der Waals surface area contributed by atoms with E-state index < -0.39 is 0 Å². The first kappa shape index (κ1) is 17.8. The predicted molar refractivity (Wildman–Crippen MR) is 96.2 cm³/mol. The summed E-state index contributed by atoms with van der Waals surface area (Å²) in [5, 5.41) is 3.31. The molecule has 1 heterocycles. The number of hydrogen-bond donors (Lipinski definition) is 1. The van der Waals surface area contributed by atoms with Crippen LogP contribution in [-0.4, -0.2) is 36.4 Å². The van der Waals surface area contributed by atoms with Crippen molar-refractivity contribution < 1.29 is 14.3 Å². The molecule has 136 valence electrons. The van der Waals surface area contributed by atoms with Gasteiger partial charge in [0, 0.05) is 19.0 Å². The number of carbonyl (C=O) groups is 2. The van der Waals surface area contributed by atoms with E-state index in [2.05, 4.69) is 5.32 Å². The Balaban J connectivity index is 1.75. The van der Waals surface area contributed by atoms with Gasteiger partial charge in [0.1, 0.15) is 5.75 Å². The van der Waals surface area contributed by atoms with Crippen LogP contribution in [0.2, 0.25) is 0 Å². The van der Waals surface area contributed by atoms with Crippen molar-refractivity contribution in [3.05, 3.63) is 29.8 Å². The van der Waals surface area contributed by atoms with Gasteiger partial charge < -0.3 is 15.0 Å². The van der Waals surface area contributed by atoms with Crippen molar-refractivity contribution in [2.45, 2.75) is 57.5 Å². The summed E-state index contributed by atoms with van der Waals surface area (Å²) in [6.45, 7) is 4.52. The number of likely N-dealkylation sites (tertiary alicyclic amines) is 1. The van der Waals surface area contributed by atoms with E-state index in [1.165, 1.54) is 0 Å². The zero-order valence-corrected chi connectivity index (χ0v) is 15.4. The topological polar surface area (TPSA) is 58.6 Å². The van der Waals surface area contributed by atoms with Crippen LogP contribution in [0.1, 0.15) is 51.5 Å². The van der Waals surface area contributed by atoms with E-state index in [9.17, 15) is 9.59 Å². The molecule has 2 aliphatic rings. The average Bonchev–Trinajstić information content (AvgIpc) is 3.22. The molecule has 5 nitrogen and oxygen atoms in total. The Morgan fingerprint density at radius 3 is 2.40 bits per heavy atom. The van der Waals surface area contributed by atoms with Gasteiger partial charge in [-0.1, -0.05) is 25.0 Å². The molecule has 1 aliphatic heterocycles. The van der Waals surface area contributed by atoms with Gasteiger partial charge in [-0.2, -0.15) is 0 Å². The summed E-state index contributed by atoms with van der Waals surface area (Å²) in [4.78, 5) is 26.8. The summed E-state index contributed by atoms with van der Waals surface area (Å²) in [7, 11) is 1.65. The molecule has 1 saturated heterocycles. The first-order chi connectivity index (χ1) is 11.9. The minimum absolute atomic E-state index is 0.00854. The van der Waals surface area contributed by atoms with E-state index in [1.54, 1.807) is 12.0 Å². The van der Waals surface area contributed by atoms with Gasteiger partial charge in [0.25, 0.3) is 0 Å². The van der Waals surface area contributed by atoms with Gasteiger partial charge in [-0.05, 0) is 44.4 Å². The van der Waals surface area contributed by atoms with Crippen LogP contribution in [0.15, 0.2) is 24.3 Å². The van der Waals surface area contributed by atoms with Crippen LogP contribution in [0, 0.1) is 5.92 Å². The maximum atomic E-state index is 12.9. The largest absolute Gasteiger partial charge is 0.497 e. The Kier molecular flexibility index (Phi) is 5.02. The molecule has 1 aromatic rings. The van der Waals surface area contributed by atoms with Gasteiger partial charge in [-0.3, -0.25) is 9.59 Å². The highest BCUT2D eigenvalue weighted by molar-refractivity contribution is 5.89. The van der Waals surface area contributed by atoms with E-state index in [0.717, 1.165) is 37.0 Å². The first-order valence-corrected chi connectivity index (χ1v) is 9.21. The van der Waals surface area contributed by atoms with Gasteiger partial charge in [0.2, 0.25) is 11.8 Å². The fraction of sp³-hybridized carbons (Fsp3) is 0.600. The van der Waals surface area contributed by atoms with Gasteiger partial charge >= 0.3 is 0 Å². The van der Waals surface area contributed by atoms with Crippen molar-refractivity contribution in [3.63, 3.8) is 0 Å². The summed E-state index contributed by atoms with van der Waals surface area (Å²) >= 11 is 0. The molecule has 0 unspecified atom stereocenters. The zero-order chi connectivity index (χ0) is 18.0. The maximum absolute atomic E-state index is 12.9. The second-order valence-corrected chi connectivity index (χ2v) is 7.55. The van der Waals surface area contributed by atoms with Crippen LogP contribution in [0.25, 0.3) is 0 Å². The number of carbonyl (C=O) groups excluding carboxylic acids is 2. The Hall–Kier alpha value is -2.04. The maximum Gasteiger partial charge on any atom is 0.226 e. The smallest absolute Gasteiger partial charge is 0.226 e. The molecule has 25 heavy (non-hydrogen) atoms. The fourth-order valence-corrected chi connectivity index (χ4v) is 4.12. The number of ether oxygens (including phenoxy) is 1. The molecule has 3 rings (SSSR count). The molecule has 0 spiro atoms. The van der Waals surface area contributed by atoms with E-state index >= 15 is 0 Å². The molecular weight excluding hydrogens is 316 g/mol. The summed E-state index contributed by atoms with van der Waals surface area (Å²) < 4.78 is 5.24. The molecule has 0 aromatic heterocycles. The second-order valence-electron chi connectivity index (χ2n) is 7.55. The highest BCUT2D eigenvalue weighted by atomic mass is 16.5. The van der Waals surface area contributed by atoms with Gasteiger partial charge in [0.05, 0.1) is 18.6 Å².